The Morgan fingerprint density at radius 2 is 0.645 bits per heavy atom. The van der Waals surface area contributed by atoms with Gasteiger partial charge < -0.3 is 19.6 Å². The average molecular weight is 805 g/mol. The van der Waals surface area contributed by atoms with E-state index in [1.54, 1.807) is 0 Å². The number of hydrogen-bond acceptors (Lipinski definition) is 4. The summed E-state index contributed by atoms with van der Waals surface area (Å²) in [7, 11) is 0. The van der Waals surface area contributed by atoms with Crippen molar-refractivity contribution in [3.63, 3.8) is 0 Å². The molecule has 0 heterocycles. The van der Waals surface area contributed by atoms with E-state index in [9.17, 15) is 0 Å². The number of benzene rings is 8. The van der Waals surface area contributed by atoms with Gasteiger partial charge in [-0.25, -0.2) is 0 Å². The predicted octanol–water partition coefficient (Wildman–Crippen LogP) is 16.9. The van der Waals surface area contributed by atoms with Gasteiger partial charge in [0.25, 0.3) is 0 Å². The first-order valence-corrected chi connectivity index (χ1v) is 21.1. The smallest absolute Gasteiger partial charge is 0.0464 e. The van der Waals surface area contributed by atoms with Gasteiger partial charge in [-0.1, -0.05) is 103 Å². The van der Waals surface area contributed by atoms with Crippen LogP contribution in [0.3, 0.4) is 0 Å². The van der Waals surface area contributed by atoms with Crippen LogP contribution < -0.4 is 19.6 Å². The minimum Gasteiger partial charge on any atom is -0.311 e. The van der Waals surface area contributed by atoms with Crippen LogP contribution in [0, 0.1) is 13.8 Å². The maximum absolute atomic E-state index is 4.49. The number of nitrogens with zero attached hydrogens (tertiary/aromatic N) is 4. The molecule has 304 valence electrons. The Kier molecular flexibility index (Phi) is 12.6. The fraction of sp³-hybridized carbons (Fsp3) is 0.0690. The van der Waals surface area contributed by atoms with Crippen LogP contribution >= 0.6 is 0 Å². The summed E-state index contributed by atoms with van der Waals surface area (Å²) in [5.41, 5.74) is 16.3. The van der Waals surface area contributed by atoms with Gasteiger partial charge in [0.15, 0.2) is 0 Å². The van der Waals surface area contributed by atoms with E-state index in [1.807, 2.05) is 6.07 Å². The molecule has 0 radical (unpaired) electrons. The molecule has 0 atom stereocenters. The molecule has 8 aromatic carbocycles. The van der Waals surface area contributed by atoms with Crippen molar-refractivity contribution in [2.45, 2.75) is 27.7 Å². The second-order valence-corrected chi connectivity index (χ2v) is 15.7. The maximum Gasteiger partial charge on any atom is 0.0464 e. The zero-order valence-electron chi connectivity index (χ0n) is 35.9. The third-order valence-corrected chi connectivity index (χ3v) is 10.7. The summed E-state index contributed by atoms with van der Waals surface area (Å²) < 4.78 is 0. The summed E-state index contributed by atoms with van der Waals surface area (Å²) in [5, 5.41) is 0. The Balaban J connectivity index is 1.21. The lowest BCUT2D eigenvalue weighted by Crippen LogP contribution is -2.15. The summed E-state index contributed by atoms with van der Waals surface area (Å²) in [6.07, 6.45) is 6.23. The molecular weight excluding hydrogens is 753 g/mol. The second kappa shape index (κ2) is 19.1. The number of para-hydroxylation sites is 3. The standard InChI is InChI=1S/C58H52N4/c1-44(2)18-15-21-47(5)59(48-22-9-6-10-23-48)51-30-32-52(33-31-51)60(53-34-38-55(39-35-53)61(49-24-11-7-12-25-49)57-28-16-19-45(3)42-57)54-36-40-56(41-37-54)62(50-26-13-8-14-27-50)58-29-17-20-46(4)43-58/h6-43H,5H2,1-4H3/b21-15-. The Bertz CT molecular complexity index is 2640. The quantitative estimate of drug-likeness (QED) is 0.102. The highest BCUT2D eigenvalue weighted by Crippen LogP contribution is 2.42. The number of rotatable bonds is 14. The van der Waals surface area contributed by atoms with E-state index in [1.165, 1.54) is 16.7 Å². The van der Waals surface area contributed by atoms with E-state index in [0.717, 1.165) is 68.3 Å². The Morgan fingerprint density at radius 1 is 0.355 bits per heavy atom. The molecule has 0 aliphatic heterocycles. The Morgan fingerprint density at radius 3 is 1.00 bits per heavy atom. The molecule has 0 fully saturated rings. The van der Waals surface area contributed by atoms with E-state index < -0.39 is 0 Å². The molecule has 0 spiro atoms. The SMILES string of the molecule is C=C(/C=C\C=C(C)C)N(c1ccccc1)c1ccc(N(c2ccc(N(c3ccccc3)c3cccc(C)c3)cc2)c2ccc(N(c3ccccc3)c3cccc(C)c3)cc2)cc1. The van der Waals surface area contributed by atoms with Crippen LogP contribution in [-0.4, -0.2) is 0 Å². The van der Waals surface area contributed by atoms with Crippen molar-refractivity contribution in [3.8, 4) is 0 Å². The number of hydrogen-bond donors (Lipinski definition) is 0. The average Bonchev–Trinajstić information content (AvgIpc) is 3.29. The Labute approximate surface area is 367 Å². The largest absolute Gasteiger partial charge is 0.311 e. The minimum atomic E-state index is 0.873. The molecule has 0 aliphatic carbocycles. The van der Waals surface area contributed by atoms with Gasteiger partial charge in [-0.05, 0) is 178 Å². The van der Waals surface area contributed by atoms with Crippen LogP contribution in [-0.2, 0) is 0 Å². The van der Waals surface area contributed by atoms with Crippen molar-refractivity contribution in [1.82, 2.24) is 0 Å². The summed E-state index contributed by atoms with van der Waals surface area (Å²) in [5.74, 6) is 0. The summed E-state index contributed by atoms with van der Waals surface area (Å²) in [6.45, 7) is 13.0. The van der Waals surface area contributed by atoms with Gasteiger partial charge in [-0.15, -0.1) is 0 Å². The third-order valence-electron chi connectivity index (χ3n) is 10.7. The van der Waals surface area contributed by atoms with Gasteiger partial charge in [0.2, 0.25) is 0 Å². The highest BCUT2D eigenvalue weighted by Gasteiger charge is 2.19. The van der Waals surface area contributed by atoms with Crippen LogP contribution in [0.15, 0.2) is 248 Å². The molecule has 8 aromatic rings. The monoisotopic (exact) mass is 804 g/mol. The molecule has 0 aromatic heterocycles. The lowest BCUT2D eigenvalue weighted by atomic mass is 10.1. The molecule has 4 heteroatoms. The fourth-order valence-corrected chi connectivity index (χ4v) is 7.77. The van der Waals surface area contributed by atoms with Gasteiger partial charge in [0.05, 0.1) is 0 Å². The minimum absolute atomic E-state index is 0.873. The van der Waals surface area contributed by atoms with E-state index in [0.29, 0.717) is 0 Å². The van der Waals surface area contributed by atoms with Crippen LogP contribution in [0.1, 0.15) is 25.0 Å². The van der Waals surface area contributed by atoms with E-state index in [2.05, 4.69) is 278 Å². The molecule has 62 heavy (non-hydrogen) atoms. The maximum atomic E-state index is 4.49. The molecule has 0 saturated heterocycles. The van der Waals surface area contributed by atoms with Crippen LogP contribution in [0.4, 0.5) is 62.6 Å². The lowest BCUT2D eigenvalue weighted by Gasteiger charge is -2.30. The van der Waals surface area contributed by atoms with Gasteiger partial charge in [-0.3, -0.25) is 0 Å². The fourth-order valence-electron chi connectivity index (χ4n) is 7.77. The second-order valence-electron chi connectivity index (χ2n) is 15.7. The van der Waals surface area contributed by atoms with Crippen LogP contribution in [0.5, 0.6) is 0 Å². The Hall–Kier alpha value is -7.82. The molecule has 8 rings (SSSR count). The third kappa shape index (κ3) is 9.46. The highest BCUT2D eigenvalue weighted by molar-refractivity contribution is 5.84. The predicted molar refractivity (Wildman–Crippen MR) is 266 cm³/mol. The zero-order valence-corrected chi connectivity index (χ0v) is 35.9. The highest BCUT2D eigenvalue weighted by atomic mass is 15.2. The zero-order chi connectivity index (χ0) is 42.8. The van der Waals surface area contributed by atoms with Crippen LogP contribution in [0.25, 0.3) is 0 Å². The van der Waals surface area contributed by atoms with Gasteiger partial charge >= 0.3 is 0 Å². The molecule has 0 N–H and O–H groups in total. The van der Waals surface area contributed by atoms with Crippen molar-refractivity contribution in [2.24, 2.45) is 0 Å². The van der Waals surface area contributed by atoms with Crippen molar-refractivity contribution in [2.75, 3.05) is 19.6 Å². The van der Waals surface area contributed by atoms with Crippen molar-refractivity contribution < 1.29 is 0 Å². The normalized spacial score (nSPS) is 10.9. The lowest BCUT2D eigenvalue weighted by molar-refractivity contribution is 1.21. The van der Waals surface area contributed by atoms with Gasteiger partial charge in [0.1, 0.15) is 0 Å². The number of anilines is 11. The number of aryl methyl sites for hydroxylation is 2. The molecular formula is C58H52N4. The first-order chi connectivity index (χ1) is 30.3. The summed E-state index contributed by atoms with van der Waals surface area (Å²) in [6, 6.07) is 75.4. The molecule has 4 nitrogen and oxygen atoms in total. The van der Waals surface area contributed by atoms with E-state index in [4.69, 9.17) is 0 Å². The van der Waals surface area contributed by atoms with Crippen molar-refractivity contribution in [3.05, 3.63) is 260 Å². The number of allylic oxidation sites excluding steroid dienone is 4. The molecule has 0 amide bonds. The van der Waals surface area contributed by atoms with Crippen molar-refractivity contribution >= 4 is 62.6 Å². The van der Waals surface area contributed by atoms with Crippen LogP contribution in [0.2, 0.25) is 0 Å². The van der Waals surface area contributed by atoms with E-state index >= 15 is 0 Å². The van der Waals surface area contributed by atoms with Crippen molar-refractivity contribution in [1.29, 1.82) is 0 Å². The van der Waals surface area contributed by atoms with E-state index in [-0.39, 0.29) is 0 Å². The van der Waals surface area contributed by atoms with Gasteiger partial charge in [-0.2, -0.15) is 0 Å². The molecule has 0 unspecified atom stereocenters. The summed E-state index contributed by atoms with van der Waals surface area (Å²) in [4.78, 5) is 9.14. The topological polar surface area (TPSA) is 13.0 Å². The first-order valence-electron chi connectivity index (χ1n) is 21.1. The summed E-state index contributed by atoms with van der Waals surface area (Å²) >= 11 is 0. The molecule has 0 saturated carbocycles. The van der Waals surface area contributed by atoms with Gasteiger partial charge in [0, 0.05) is 68.3 Å². The molecule has 0 bridgehead atoms. The first kappa shape index (κ1) is 40.9. The molecule has 0 aliphatic rings.